The van der Waals surface area contributed by atoms with Crippen LogP contribution in [-0.4, -0.2) is 24.0 Å². The summed E-state index contributed by atoms with van der Waals surface area (Å²) in [6.07, 6.45) is 4.47. The zero-order valence-corrected chi connectivity index (χ0v) is 10.2. The van der Waals surface area contributed by atoms with Crippen LogP contribution in [-0.2, 0) is 0 Å². The van der Waals surface area contributed by atoms with Crippen molar-refractivity contribution in [2.24, 2.45) is 17.3 Å². The fraction of sp³-hybridized carbons (Fsp3) is 1.00. The highest BCUT2D eigenvalue weighted by Crippen LogP contribution is 2.47. The molecule has 1 nitrogen and oxygen atoms in total. The quantitative estimate of drug-likeness (QED) is 0.621. The molecule has 1 heterocycles. The van der Waals surface area contributed by atoms with E-state index in [1.165, 1.54) is 32.4 Å². The van der Waals surface area contributed by atoms with Gasteiger partial charge in [0.1, 0.15) is 0 Å². The van der Waals surface area contributed by atoms with Crippen molar-refractivity contribution in [3.05, 3.63) is 0 Å². The summed E-state index contributed by atoms with van der Waals surface area (Å²) in [4.78, 5) is 2.73. The van der Waals surface area contributed by atoms with Crippen molar-refractivity contribution in [2.45, 2.75) is 53.0 Å². The van der Waals surface area contributed by atoms with Crippen molar-refractivity contribution in [3.8, 4) is 0 Å². The zero-order valence-electron chi connectivity index (χ0n) is 10.2. The SMILES string of the molecule is CCN1C[C@@H]2CCC[C@@H]2[C@H]1C(C)(C)C. The Morgan fingerprint density at radius 1 is 1.21 bits per heavy atom. The van der Waals surface area contributed by atoms with Gasteiger partial charge in [0, 0.05) is 12.6 Å². The Morgan fingerprint density at radius 2 is 1.93 bits per heavy atom. The smallest absolute Gasteiger partial charge is 0.0175 e. The molecule has 0 amide bonds. The van der Waals surface area contributed by atoms with E-state index in [0.717, 1.165) is 17.9 Å². The number of hydrogen-bond donors (Lipinski definition) is 0. The highest BCUT2D eigenvalue weighted by Gasteiger charge is 2.47. The van der Waals surface area contributed by atoms with Crippen LogP contribution >= 0.6 is 0 Å². The number of rotatable bonds is 1. The maximum Gasteiger partial charge on any atom is 0.0175 e. The molecule has 0 spiro atoms. The fourth-order valence-electron chi connectivity index (χ4n) is 3.91. The molecule has 1 aliphatic heterocycles. The molecule has 0 radical (unpaired) electrons. The van der Waals surface area contributed by atoms with Crippen LogP contribution in [0.15, 0.2) is 0 Å². The van der Waals surface area contributed by atoms with E-state index < -0.39 is 0 Å². The van der Waals surface area contributed by atoms with Crippen molar-refractivity contribution >= 4 is 0 Å². The van der Waals surface area contributed by atoms with Crippen LogP contribution < -0.4 is 0 Å². The Balaban J connectivity index is 2.17. The van der Waals surface area contributed by atoms with E-state index in [0.29, 0.717) is 5.41 Å². The third-order valence-corrected chi connectivity index (χ3v) is 4.28. The molecule has 0 unspecified atom stereocenters. The number of nitrogens with zero attached hydrogens (tertiary/aromatic N) is 1. The van der Waals surface area contributed by atoms with Gasteiger partial charge in [-0.1, -0.05) is 34.1 Å². The van der Waals surface area contributed by atoms with Crippen LogP contribution in [0.3, 0.4) is 0 Å². The molecule has 0 bridgehead atoms. The van der Waals surface area contributed by atoms with Crippen molar-refractivity contribution in [1.29, 1.82) is 0 Å². The minimum absolute atomic E-state index is 0.472. The first-order chi connectivity index (χ1) is 6.54. The van der Waals surface area contributed by atoms with Crippen molar-refractivity contribution in [3.63, 3.8) is 0 Å². The molecule has 2 fully saturated rings. The van der Waals surface area contributed by atoms with Crippen LogP contribution in [0, 0.1) is 17.3 Å². The Labute approximate surface area is 88.9 Å². The number of likely N-dealkylation sites (tertiary alicyclic amines) is 1. The van der Waals surface area contributed by atoms with E-state index in [1.54, 1.807) is 0 Å². The van der Waals surface area contributed by atoms with Crippen LogP contribution in [0.5, 0.6) is 0 Å². The summed E-state index contributed by atoms with van der Waals surface area (Å²) >= 11 is 0. The highest BCUT2D eigenvalue weighted by molar-refractivity contribution is 5.00. The molecule has 1 heteroatoms. The zero-order chi connectivity index (χ0) is 10.3. The predicted octanol–water partition coefficient (Wildman–Crippen LogP) is 3.15. The first-order valence-corrected chi connectivity index (χ1v) is 6.28. The summed E-state index contributed by atoms with van der Waals surface area (Å²) in [6, 6.07) is 0.847. The molecule has 0 aromatic rings. The Bertz CT molecular complexity index is 204. The lowest BCUT2D eigenvalue weighted by atomic mass is 9.77. The van der Waals surface area contributed by atoms with Gasteiger partial charge in [-0.25, -0.2) is 0 Å². The second-order valence-electron chi connectivity index (χ2n) is 6.25. The first-order valence-electron chi connectivity index (χ1n) is 6.28. The van der Waals surface area contributed by atoms with E-state index >= 15 is 0 Å². The average molecular weight is 195 g/mol. The number of hydrogen-bond acceptors (Lipinski definition) is 1. The molecular weight excluding hydrogens is 170 g/mol. The lowest BCUT2D eigenvalue weighted by Crippen LogP contribution is -2.42. The van der Waals surface area contributed by atoms with E-state index in [4.69, 9.17) is 0 Å². The van der Waals surface area contributed by atoms with Gasteiger partial charge in [-0.05, 0) is 36.6 Å². The van der Waals surface area contributed by atoms with Crippen molar-refractivity contribution in [1.82, 2.24) is 4.90 Å². The molecule has 14 heavy (non-hydrogen) atoms. The largest absolute Gasteiger partial charge is 0.300 e. The van der Waals surface area contributed by atoms with Gasteiger partial charge in [0.15, 0.2) is 0 Å². The molecule has 82 valence electrons. The molecular formula is C13H25N. The Morgan fingerprint density at radius 3 is 2.50 bits per heavy atom. The average Bonchev–Trinajstić information content (AvgIpc) is 2.57. The van der Waals surface area contributed by atoms with Gasteiger partial charge in [-0.15, -0.1) is 0 Å². The number of fused-ring (bicyclic) bond motifs is 1. The summed E-state index contributed by atoms with van der Waals surface area (Å²) in [7, 11) is 0. The molecule has 1 aliphatic carbocycles. The lowest BCUT2D eigenvalue weighted by molar-refractivity contribution is 0.114. The van der Waals surface area contributed by atoms with Crippen molar-refractivity contribution < 1.29 is 0 Å². The van der Waals surface area contributed by atoms with Gasteiger partial charge in [-0.3, -0.25) is 4.90 Å². The monoisotopic (exact) mass is 195 g/mol. The van der Waals surface area contributed by atoms with Gasteiger partial charge >= 0.3 is 0 Å². The Kier molecular flexibility index (Phi) is 2.63. The summed E-state index contributed by atoms with van der Waals surface area (Å²) in [5, 5.41) is 0. The fourth-order valence-corrected chi connectivity index (χ4v) is 3.91. The summed E-state index contributed by atoms with van der Waals surface area (Å²) in [5.41, 5.74) is 0.472. The molecule has 0 aromatic carbocycles. The minimum Gasteiger partial charge on any atom is -0.300 e. The normalized spacial score (nSPS) is 39.0. The van der Waals surface area contributed by atoms with E-state index in [-0.39, 0.29) is 0 Å². The van der Waals surface area contributed by atoms with E-state index in [9.17, 15) is 0 Å². The van der Waals surface area contributed by atoms with Gasteiger partial charge in [-0.2, -0.15) is 0 Å². The van der Waals surface area contributed by atoms with Crippen LogP contribution in [0.2, 0.25) is 0 Å². The summed E-state index contributed by atoms with van der Waals surface area (Å²) in [6.45, 7) is 12.2. The van der Waals surface area contributed by atoms with Gasteiger partial charge in [0.2, 0.25) is 0 Å². The molecule has 0 aromatic heterocycles. The topological polar surface area (TPSA) is 3.24 Å². The molecule has 3 atom stereocenters. The molecule has 2 rings (SSSR count). The lowest BCUT2D eigenvalue weighted by Gasteiger charge is -2.37. The second kappa shape index (κ2) is 3.52. The standard InChI is InChI=1S/C13H25N/c1-5-14-9-10-7-6-8-11(10)12(14)13(2,3)4/h10-12H,5-9H2,1-4H3/t10-,11-,12-/m0/s1. The molecule has 0 N–H and O–H groups in total. The third kappa shape index (κ3) is 1.60. The van der Waals surface area contributed by atoms with E-state index in [2.05, 4.69) is 32.6 Å². The van der Waals surface area contributed by atoms with Crippen molar-refractivity contribution in [2.75, 3.05) is 13.1 Å². The molecule has 2 aliphatic rings. The second-order valence-corrected chi connectivity index (χ2v) is 6.25. The Hall–Kier alpha value is -0.0400. The predicted molar refractivity (Wildman–Crippen MR) is 61.3 cm³/mol. The van der Waals surface area contributed by atoms with E-state index in [1.807, 2.05) is 0 Å². The highest BCUT2D eigenvalue weighted by atomic mass is 15.2. The van der Waals surface area contributed by atoms with Crippen LogP contribution in [0.1, 0.15) is 47.0 Å². The molecule has 1 saturated carbocycles. The van der Waals surface area contributed by atoms with Gasteiger partial charge in [0.25, 0.3) is 0 Å². The maximum absolute atomic E-state index is 2.73. The summed E-state index contributed by atoms with van der Waals surface area (Å²) in [5.74, 6) is 2.04. The summed E-state index contributed by atoms with van der Waals surface area (Å²) < 4.78 is 0. The molecule has 1 saturated heterocycles. The van der Waals surface area contributed by atoms with Gasteiger partial charge < -0.3 is 0 Å². The van der Waals surface area contributed by atoms with Crippen LogP contribution in [0.25, 0.3) is 0 Å². The maximum atomic E-state index is 2.73. The first kappa shape index (κ1) is 10.5. The third-order valence-electron chi connectivity index (χ3n) is 4.28. The van der Waals surface area contributed by atoms with Crippen LogP contribution in [0.4, 0.5) is 0 Å². The van der Waals surface area contributed by atoms with Gasteiger partial charge in [0.05, 0.1) is 0 Å². The minimum atomic E-state index is 0.472.